The standard InChI is InChI=1S/C14H17BrO4/c1-11(16)19-13(8-5-9-15)10-18-14(17)12-6-3-2-4-7-12/h2-4,6-7,13H,5,8-10H2,1H3. The summed E-state index contributed by atoms with van der Waals surface area (Å²) >= 11 is 3.31. The van der Waals surface area contributed by atoms with Crippen molar-refractivity contribution in [3.05, 3.63) is 35.9 Å². The van der Waals surface area contributed by atoms with E-state index in [4.69, 9.17) is 9.47 Å². The van der Waals surface area contributed by atoms with Crippen molar-refractivity contribution in [2.75, 3.05) is 11.9 Å². The lowest BCUT2D eigenvalue weighted by Crippen LogP contribution is -2.24. The van der Waals surface area contributed by atoms with Crippen LogP contribution in [-0.2, 0) is 14.3 Å². The highest BCUT2D eigenvalue weighted by molar-refractivity contribution is 9.09. The van der Waals surface area contributed by atoms with E-state index in [0.29, 0.717) is 12.0 Å². The topological polar surface area (TPSA) is 52.6 Å². The van der Waals surface area contributed by atoms with Crippen LogP contribution in [-0.4, -0.2) is 30.0 Å². The van der Waals surface area contributed by atoms with E-state index in [1.54, 1.807) is 24.3 Å². The Bertz CT molecular complexity index is 405. The molecule has 1 unspecified atom stereocenters. The summed E-state index contributed by atoms with van der Waals surface area (Å²) < 4.78 is 10.3. The maximum Gasteiger partial charge on any atom is 0.338 e. The summed E-state index contributed by atoms with van der Waals surface area (Å²) in [6, 6.07) is 8.73. The van der Waals surface area contributed by atoms with Gasteiger partial charge in [-0.3, -0.25) is 4.79 Å². The van der Waals surface area contributed by atoms with Crippen molar-refractivity contribution in [2.24, 2.45) is 0 Å². The molecule has 0 aliphatic heterocycles. The van der Waals surface area contributed by atoms with E-state index in [1.165, 1.54) is 6.92 Å². The second-order valence-corrected chi connectivity index (χ2v) is 4.82. The number of hydrogen-bond donors (Lipinski definition) is 0. The molecule has 0 aromatic heterocycles. The van der Waals surface area contributed by atoms with Crippen LogP contribution in [0.1, 0.15) is 30.1 Å². The molecule has 5 heteroatoms. The minimum atomic E-state index is -0.406. The molecule has 0 fully saturated rings. The molecule has 0 amide bonds. The molecule has 0 radical (unpaired) electrons. The van der Waals surface area contributed by atoms with E-state index in [0.717, 1.165) is 11.8 Å². The van der Waals surface area contributed by atoms with Gasteiger partial charge in [0.25, 0.3) is 0 Å². The molecule has 0 aliphatic carbocycles. The molecule has 1 aromatic carbocycles. The van der Waals surface area contributed by atoms with Gasteiger partial charge in [0.2, 0.25) is 0 Å². The fourth-order valence-corrected chi connectivity index (χ4v) is 1.87. The summed E-state index contributed by atoms with van der Waals surface area (Å²) in [5.74, 6) is -0.771. The van der Waals surface area contributed by atoms with Crippen molar-refractivity contribution in [3.8, 4) is 0 Å². The number of halogens is 1. The Labute approximate surface area is 121 Å². The molecule has 1 rings (SSSR count). The number of rotatable bonds is 7. The first-order valence-corrected chi connectivity index (χ1v) is 7.21. The molecule has 4 nitrogen and oxygen atoms in total. The summed E-state index contributed by atoms with van der Waals surface area (Å²) in [6.45, 7) is 1.43. The normalized spacial score (nSPS) is 11.7. The van der Waals surface area contributed by atoms with Crippen molar-refractivity contribution in [3.63, 3.8) is 0 Å². The lowest BCUT2D eigenvalue weighted by atomic mass is 10.2. The highest BCUT2D eigenvalue weighted by Crippen LogP contribution is 2.08. The second kappa shape index (κ2) is 8.69. The van der Waals surface area contributed by atoms with Crippen LogP contribution in [0.5, 0.6) is 0 Å². The number of benzene rings is 1. The summed E-state index contributed by atoms with van der Waals surface area (Å²) in [5, 5.41) is 0.817. The van der Waals surface area contributed by atoms with Crippen molar-refractivity contribution in [1.82, 2.24) is 0 Å². The van der Waals surface area contributed by atoms with Gasteiger partial charge in [0, 0.05) is 12.3 Å². The Hall–Kier alpha value is -1.36. The summed E-state index contributed by atoms with van der Waals surface area (Å²) in [7, 11) is 0. The molecular formula is C14H17BrO4. The van der Waals surface area contributed by atoms with E-state index >= 15 is 0 Å². The van der Waals surface area contributed by atoms with Gasteiger partial charge in [-0.1, -0.05) is 34.1 Å². The average Bonchev–Trinajstić information content (AvgIpc) is 2.42. The molecule has 0 saturated heterocycles. The largest absolute Gasteiger partial charge is 0.459 e. The molecule has 0 heterocycles. The van der Waals surface area contributed by atoms with Gasteiger partial charge in [-0.25, -0.2) is 4.79 Å². The molecule has 0 aliphatic rings. The quantitative estimate of drug-likeness (QED) is 0.570. The summed E-state index contributed by atoms with van der Waals surface area (Å²) in [5.41, 5.74) is 0.490. The highest BCUT2D eigenvalue weighted by atomic mass is 79.9. The third kappa shape index (κ3) is 6.38. The number of carbonyl (C=O) groups excluding carboxylic acids is 2. The first-order chi connectivity index (χ1) is 9.13. The van der Waals surface area contributed by atoms with Crippen LogP contribution < -0.4 is 0 Å². The Morgan fingerprint density at radius 1 is 1.26 bits per heavy atom. The second-order valence-electron chi connectivity index (χ2n) is 4.03. The molecular weight excluding hydrogens is 312 g/mol. The SMILES string of the molecule is CC(=O)OC(CCCBr)COC(=O)c1ccccc1. The number of carbonyl (C=O) groups is 2. The van der Waals surface area contributed by atoms with Gasteiger partial charge in [0.05, 0.1) is 5.56 Å². The third-order valence-electron chi connectivity index (χ3n) is 2.40. The van der Waals surface area contributed by atoms with E-state index < -0.39 is 5.97 Å². The number of hydrogen-bond acceptors (Lipinski definition) is 4. The molecule has 0 N–H and O–H groups in total. The van der Waals surface area contributed by atoms with Gasteiger partial charge >= 0.3 is 11.9 Å². The predicted octanol–water partition coefficient (Wildman–Crippen LogP) is 2.95. The zero-order valence-electron chi connectivity index (χ0n) is 10.8. The van der Waals surface area contributed by atoms with Gasteiger partial charge in [-0.2, -0.15) is 0 Å². The Balaban J connectivity index is 2.46. The Morgan fingerprint density at radius 2 is 1.95 bits per heavy atom. The van der Waals surface area contributed by atoms with Crippen LogP contribution in [0.4, 0.5) is 0 Å². The fourth-order valence-electron chi connectivity index (χ4n) is 1.54. The maximum atomic E-state index is 11.7. The molecule has 0 spiro atoms. The number of alkyl halides is 1. The molecule has 1 aromatic rings. The van der Waals surface area contributed by atoms with E-state index in [2.05, 4.69) is 15.9 Å². The van der Waals surface area contributed by atoms with E-state index in [-0.39, 0.29) is 18.7 Å². The molecule has 1 atom stereocenters. The zero-order chi connectivity index (χ0) is 14.1. The third-order valence-corrected chi connectivity index (χ3v) is 2.96. The van der Waals surface area contributed by atoms with Crippen LogP contribution >= 0.6 is 15.9 Å². The predicted molar refractivity (Wildman–Crippen MR) is 75.3 cm³/mol. The van der Waals surface area contributed by atoms with Crippen molar-refractivity contribution >= 4 is 27.9 Å². The van der Waals surface area contributed by atoms with E-state index in [1.807, 2.05) is 6.07 Å². The minimum absolute atomic E-state index is 0.0836. The average molecular weight is 329 g/mol. The molecule has 0 bridgehead atoms. The molecule has 19 heavy (non-hydrogen) atoms. The molecule has 0 saturated carbocycles. The van der Waals surface area contributed by atoms with Gasteiger partial charge in [0.15, 0.2) is 0 Å². The lowest BCUT2D eigenvalue weighted by molar-refractivity contribution is -0.148. The first-order valence-electron chi connectivity index (χ1n) is 6.09. The number of ether oxygens (including phenoxy) is 2. The van der Waals surface area contributed by atoms with Crippen molar-refractivity contribution in [2.45, 2.75) is 25.9 Å². The zero-order valence-corrected chi connectivity index (χ0v) is 12.4. The lowest BCUT2D eigenvalue weighted by Gasteiger charge is -2.16. The number of esters is 2. The Morgan fingerprint density at radius 3 is 2.53 bits per heavy atom. The van der Waals surface area contributed by atoms with E-state index in [9.17, 15) is 9.59 Å². The van der Waals surface area contributed by atoms with Crippen LogP contribution in [0.15, 0.2) is 30.3 Å². The summed E-state index contributed by atoms with van der Waals surface area (Å²) in [4.78, 5) is 22.7. The monoisotopic (exact) mass is 328 g/mol. The van der Waals surface area contributed by atoms with Crippen LogP contribution in [0.3, 0.4) is 0 Å². The van der Waals surface area contributed by atoms with Crippen molar-refractivity contribution < 1.29 is 19.1 Å². The van der Waals surface area contributed by atoms with Gasteiger partial charge < -0.3 is 9.47 Å². The minimum Gasteiger partial charge on any atom is -0.459 e. The first kappa shape index (κ1) is 15.7. The fraction of sp³-hybridized carbons (Fsp3) is 0.429. The highest BCUT2D eigenvalue weighted by Gasteiger charge is 2.15. The maximum absolute atomic E-state index is 11.7. The van der Waals surface area contributed by atoms with Gasteiger partial charge in [-0.05, 0) is 25.0 Å². The van der Waals surface area contributed by atoms with Crippen LogP contribution in [0, 0.1) is 0 Å². The molecule has 104 valence electrons. The van der Waals surface area contributed by atoms with Gasteiger partial charge in [0.1, 0.15) is 12.7 Å². The summed E-state index contributed by atoms with van der Waals surface area (Å²) in [6.07, 6.45) is 1.12. The van der Waals surface area contributed by atoms with Gasteiger partial charge in [-0.15, -0.1) is 0 Å². The van der Waals surface area contributed by atoms with Crippen LogP contribution in [0.2, 0.25) is 0 Å². The van der Waals surface area contributed by atoms with Crippen molar-refractivity contribution in [1.29, 1.82) is 0 Å². The Kier molecular flexibility index (Phi) is 7.18. The smallest absolute Gasteiger partial charge is 0.338 e. The van der Waals surface area contributed by atoms with Crippen LogP contribution in [0.25, 0.3) is 0 Å².